The number of para-hydroxylation sites is 6. The van der Waals surface area contributed by atoms with Crippen LogP contribution in [-0.4, -0.2) is 20.1 Å². The van der Waals surface area contributed by atoms with Gasteiger partial charge in [0.1, 0.15) is 0 Å². The maximum atomic E-state index is 2.70. The lowest BCUT2D eigenvalue weighted by Crippen LogP contribution is -2.64. The van der Waals surface area contributed by atoms with Gasteiger partial charge in [-0.3, -0.25) is 0 Å². The molecule has 9 heteroatoms. The van der Waals surface area contributed by atoms with E-state index < -0.39 is 0 Å². The molecule has 12 bridgehead atoms. The molecule has 36 rings (SSSR count). The summed E-state index contributed by atoms with van der Waals surface area (Å²) >= 11 is 0. The summed E-state index contributed by atoms with van der Waals surface area (Å²) in [6, 6.07) is 121. The van der Waals surface area contributed by atoms with Crippen LogP contribution in [0.5, 0.6) is 0 Å². The standard InChI is InChI=1S/C44H41BN2.2C43H39BN2/c1-26(2)30-16-19-39-37(25-30)45-36-10-6-9-35-43(36)47(41-13-7-12-40(42(41)45)46(39)33-17-14-27(3)15-18-33)38-11-5-4-8-34(38)44(35)31-21-28-20-29(23-31)24-32(44)22-28;1-3-27-11-7-12-32(25-27)45-37-17-6-10-26(2)40(37)44-35-15-8-14-34-42(35)46(39-19-9-18-38(45)41(39)44)36-16-5-4-13-33(36)43(34)30-21-28-20-29(23-30)24-31(43)22-28;1-3-27-9-6-10-32(25-27)45-38-18-17-26(2)19-36(38)44-35-13-7-12-34-42(35)46(40-16-8-15-39(45)41(40)44)37-14-5-4-11-33(37)43(34)30-21-28-20-29(23-30)24-31(43)22-28/h4-19,25-26,28-29,31-32H,20-24H2,1-3H3;2*4-19,25,28-31H,3,20-24H2,1-2H3. The highest BCUT2D eigenvalue weighted by Gasteiger charge is 2.67. The van der Waals surface area contributed by atoms with E-state index in [1.54, 1.807) is 33.4 Å². The van der Waals surface area contributed by atoms with Gasteiger partial charge in [-0.1, -0.05) is 245 Å². The maximum absolute atomic E-state index is 2.70. The van der Waals surface area contributed by atoms with Crippen LogP contribution in [0.15, 0.2) is 309 Å². The monoisotopic (exact) mass is 1800 g/mol. The molecule has 0 amide bonds. The van der Waals surface area contributed by atoms with Crippen molar-refractivity contribution < 1.29 is 0 Å². The molecule has 0 unspecified atom stereocenters. The van der Waals surface area contributed by atoms with Crippen LogP contribution in [-0.2, 0) is 29.1 Å². The molecule has 12 aliphatic carbocycles. The summed E-state index contributed by atoms with van der Waals surface area (Å²) in [7, 11) is 0. The fourth-order valence-electron chi connectivity index (χ4n) is 35.7. The number of fused-ring (bicyclic) bond motifs is 18. The summed E-state index contributed by atoms with van der Waals surface area (Å²) < 4.78 is 0. The maximum Gasteiger partial charge on any atom is 0.252 e. The molecule has 0 N–H and O–H groups in total. The Morgan fingerprint density at radius 2 is 0.554 bits per heavy atom. The summed E-state index contributed by atoms with van der Waals surface area (Å²) in [5.41, 5.74) is 55.9. The number of hydrogen-bond donors (Lipinski definition) is 0. The Morgan fingerprint density at radius 3 is 0.957 bits per heavy atom. The van der Waals surface area contributed by atoms with Crippen molar-refractivity contribution in [3.63, 3.8) is 0 Å². The van der Waals surface area contributed by atoms with Gasteiger partial charge in [-0.15, -0.1) is 0 Å². The van der Waals surface area contributed by atoms with Crippen LogP contribution in [0.2, 0.25) is 0 Å². The summed E-state index contributed by atoms with van der Waals surface area (Å²) in [5, 5.41) is 0. The third kappa shape index (κ3) is 10.7. The lowest BCUT2D eigenvalue weighted by Gasteiger charge is -2.64. The molecule has 139 heavy (non-hydrogen) atoms. The van der Waals surface area contributed by atoms with Gasteiger partial charge in [0.2, 0.25) is 0 Å². The van der Waals surface area contributed by atoms with Crippen LogP contribution < -0.4 is 78.6 Å². The minimum Gasteiger partial charge on any atom is -0.311 e. The molecule has 0 saturated heterocycles. The molecule has 0 aromatic heterocycles. The van der Waals surface area contributed by atoms with Crippen LogP contribution in [0.25, 0.3) is 0 Å². The largest absolute Gasteiger partial charge is 0.311 e. The topological polar surface area (TPSA) is 19.4 Å². The Morgan fingerprint density at radius 1 is 0.245 bits per heavy atom. The SMILES string of the molecule is CCc1cccc(N2c3ccc(C)cc3B3c4cccc5c4N(c4ccccc4C54C5CC6CC(C5)CC4C6)c4cccc2c43)c1.CCc1cccc(N2c3cccc(C)c3B3c4cccc5c4N(c4ccccc4C54C5CC6CC(C5)CC4C6)c4cccc2c43)c1.Cc1ccc(N2c3ccc(C(C)C)cc3B3c4cccc5c4N(c4ccccc4C54C5CC6CC(C5)CC4C6)c4cccc2c43)cc1. The number of nitrogens with zero attached hydrogens (tertiary/aromatic N) is 6. The molecule has 12 saturated carbocycles. The number of hydrogen-bond acceptors (Lipinski definition) is 6. The molecule has 678 valence electrons. The van der Waals surface area contributed by atoms with Gasteiger partial charge in [0.25, 0.3) is 20.1 Å². The Kier molecular flexibility index (Phi) is 17.2. The normalized spacial score (nSPS) is 26.9. The minimum absolute atomic E-state index is 0.117. The fraction of sp³-hybridized carbons (Fsp3) is 0.308. The average Bonchev–Trinajstić information content (AvgIpc) is 0.668. The van der Waals surface area contributed by atoms with Gasteiger partial charge in [0, 0.05) is 102 Å². The summed E-state index contributed by atoms with van der Waals surface area (Å²) in [5.74, 6) is 10.5. The van der Waals surface area contributed by atoms with Crippen LogP contribution in [0, 0.1) is 91.8 Å². The molecule has 3 spiro atoms. The summed E-state index contributed by atoms with van der Waals surface area (Å²) in [4.78, 5) is 15.8. The second kappa shape index (κ2) is 29.5. The van der Waals surface area contributed by atoms with E-state index in [1.165, 1.54) is 281 Å². The Hall–Kier alpha value is -12.7. The van der Waals surface area contributed by atoms with E-state index in [0.29, 0.717) is 5.92 Å². The van der Waals surface area contributed by atoms with Crippen molar-refractivity contribution in [2.75, 3.05) is 29.4 Å². The van der Waals surface area contributed by atoms with Crippen LogP contribution >= 0.6 is 0 Å². The van der Waals surface area contributed by atoms with Gasteiger partial charge in [-0.25, -0.2) is 0 Å². The molecule has 6 nitrogen and oxygen atoms in total. The molecule has 15 aromatic carbocycles. The summed E-state index contributed by atoms with van der Waals surface area (Å²) in [6.45, 7) is 16.6. The number of rotatable bonds is 6. The van der Waals surface area contributed by atoms with E-state index in [9.17, 15) is 0 Å². The van der Waals surface area contributed by atoms with Crippen LogP contribution in [0.3, 0.4) is 0 Å². The lowest BCUT2D eigenvalue weighted by atomic mass is 9.32. The first-order valence-electron chi connectivity index (χ1n) is 53.8. The van der Waals surface area contributed by atoms with Gasteiger partial charge in [0.15, 0.2) is 0 Å². The zero-order valence-corrected chi connectivity index (χ0v) is 81.4. The predicted octanol–water partition coefficient (Wildman–Crippen LogP) is 26.6. The molecule has 12 fully saturated rings. The third-order valence-corrected chi connectivity index (χ3v) is 40.0. The van der Waals surface area contributed by atoms with Gasteiger partial charge < -0.3 is 29.4 Å². The van der Waals surface area contributed by atoms with Gasteiger partial charge in [-0.2, -0.15) is 0 Å². The highest BCUT2D eigenvalue weighted by atomic mass is 15.2. The second-order valence-electron chi connectivity index (χ2n) is 46.7. The molecular weight excluding hydrogens is 1680 g/mol. The van der Waals surface area contributed by atoms with Crippen molar-refractivity contribution in [1.29, 1.82) is 0 Å². The van der Waals surface area contributed by atoms with E-state index in [1.807, 2.05) is 0 Å². The fourth-order valence-corrected chi connectivity index (χ4v) is 35.7. The zero-order chi connectivity index (χ0) is 91.8. The van der Waals surface area contributed by atoms with Crippen LogP contribution in [0.1, 0.15) is 197 Å². The van der Waals surface area contributed by atoms with Gasteiger partial charge >= 0.3 is 0 Å². The lowest BCUT2D eigenvalue weighted by molar-refractivity contribution is -0.0419. The minimum atomic E-state index is 0.117. The van der Waals surface area contributed by atoms with Crippen molar-refractivity contribution in [2.45, 2.75) is 180 Å². The first kappa shape index (κ1) is 81.2. The highest BCUT2D eigenvalue weighted by molar-refractivity contribution is 7.02. The zero-order valence-electron chi connectivity index (χ0n) is 81.4. The van der Waals surface area contributed by atoms with Crippen molar-refractivity contribution in [3.05, 3.63) is 376 Å². The average molecular weight is 1800 g/mol. The smallest absolute Gasteiger partial charge is 0.252 e. The number of benzene rings is 15. The quantitative estimate of drug-likeness (QED) is 0.153. The Bertz CT molecular complexity index is 7700. The Balaban J connectivity index is 0.0000000963. The first-order valence-corrected chi connectivity index (χ1v) is 53.8. The molecular formula is C130H119B3N6. The molecule has 0 radical (unpaired) electrons. The summed E-state index contributed by atoms with van der Waals surface area (Å²) in [6.07, 6.45) is 23.4. The first-order chi connectivity index (χ1) is 68.3. The molecule has 15 aromatic rings. The predicted molar refractivity (Wildman–Crippen MR) is 582 cm³/mol. The van der Waals surface area contributed by atoms with E-state index in [-0.39, 0.29) is 36.4 Å². The Labute approximate surface area is 822 Å². The molecule has 9 heterocycles. The highest BCUT2D eigenvalue weighted by Crippen LogP contribution is 2.74. The van der Waals surface area contributed by atoms with E-state index in [2.05, 4.69) is 387 Å². The van der Waals surface area contributed by atoms with Crippen LogP contribution in [0.4, 0.5) is 102 Å². The molecule has 0 atom stereocenters. The van der Waals surface area contributed by atoms with Crippen molar-refractivity contribution in [3.8, 4) is 0 Å². The third-order valence-electron chi connectivity index (χ3n) is 40.0. The van der Waals surface area contributed by atoms with E-state index >= 15 is 0 Å². The van der Waals surface area contributed by atoms with E-state index in [0.717, 1.165) is 83.9 Å². The number of anilines is 18. The molecule has 21 aliphatic rings. The molecule has 9 aliphatic heterocycles. The number of aryl methyl sites for hydroxylation is 5. The van der Waals surface area contributed by atoms with Crippen molar-refractivity contribution >= 4 is 172 Å². The van der Waals surface area contributed by atoms with Gasteiger partial charge in [-0.05, 0) is 415 Å². The second-order valence-corrected chi connectivity index (χ2v) is 46.7. The van der Waals surface area contributed by atoms with Crippen molar-refractivity contribution in [2.24, 2.45) is 71.0 Å². The van der Waals surface area contributed by atoms with Crippen molar-refractivity contribution in [1.82, 2.24) is 0 Å². The van der Waals surface area contributed by atoms with E-state index in [4.69, 9.17) is 0 Å². The van der Waals surface area contributed by atoms with Gasteiger partial charge in [0.05, 0.1) is 17.1 Å².